The molecule has 4 rings (SSSR count). The van der Waals surface area contributed by atoms with Crippen LogP contribution >= 0.6 is 0 Å². The Balaban J connectivity index is 1.38. The van der Waals surface area contributed by atoms with Gasteiger partial charge in [0, 0.05) is 22.9 Å². The predicted molar refractivity (Wildman–Crippen MR) is 119 cm³/mol. The zero-order valence-corrected chi connectivity index (χ0v) is 17.2. The Kier molecular flexibility index (Phi) is 5.84. The van der Waals surface area contributed by atoms with Crippen molar-refractivity contribution in [2.45, 2.75) is 26.5 Å². The molecule has 152 valence electrons. The van der Waals surface area contributed by atoms with Crippen molar-refractivity contribution in [3.63, 3.8) is 0 Å². The van der Waals surface area contributed by atoms with Gasteiger partial charge in [0.05, 0.1) is 6.04 Å². The van der Waals surface area contributed by atoms with E-state index >= 15 is 0 Å². The third kappa shape index (κ3) is 4.54. The number of dihydropyridines is 1. The maximum atomic E-state index is 12.0. The van der Waals surface area contributed by atoms with Crippen LogP contribution in [0.25, 0.3) is 0 Å². The van der Waals surface area contributed by atoms with Gasteiger partial charge in [-0.2, -0.15) is 0 Å². The van der Waals surface area contributed by atoms with Gasteiger partial charge in [0.25, 0.3) is 0 Å². The van der Waals surface area contributed by atoms with Crippen LogP contribution in [0.1, 0.15) is 28.4 Å². The summed E-state index contributed by atoms with van der Waals surface area (Å²) in [6.45, 7) is 4.32. The molecule has 0 amide bonds. The molecule has 4 heteroatoms. The monoisotopic (exact) mass is 399 g/mol. The second-order valence-corrected chi connectivity index (χ2v) is 7.44. The lowest BCUT2D eigenvalue weighted by Gasteiger charge is -2.25. The molecule has 0 spiro atoms. The number of ether oxygens (including phenoxy) is 2. The molecule has 0 bridgehead atoms. The van der Waals surface area contributed by atoms with Crippen molar-refractivity contribution >= 4 is 5.78 Å². The number of ketones is 1. The van der Waals surface area contributed by atoms with Gasteiger partial charge in [-0.25, -0.2) is 0 Å². The van der Waals surface area contributed by atoms with E-state index in [4.69, 9.17) is 9.47 Å². The zero-order valence-electron chi connectivity index (χ0n) is 17.2. The fraction of sp³-hybridized carbons (Fsp3) is 0.192. The lowest BCUT2D eigenvalue weighted by atomic mass is 9.98. The third-order valence-electron chi connectivity index (χ3n) is 5.19. The van der Waals surface area contributed by atoms with E-state index in [0.29, 0.717) is 19.0 Å². The van der Waals surface area contributed by atoms with Crippen molar-refractivity contribution < 1.29 is 14.3 Å². The third-order valence-corrected chi connectivity index (χ3v) is 5.19. The van der Waals surface area contributed by atoms with E-state index in [1.165, 1.54) is 5.57 Å². The predicted octanol–water partition coefficient (Wildman–Crippen LogP) is 5.06. The first kappa shape index (κ1) is 19.8. The minimum Gasteiger partial charge on any atom is -0.489 e. The summed E-state index contributed by atoms with van der Waals surface area (Å²) in [6.07, 6.45) is 12.5. The summed E-state index contributed by atoms with van der Waals surface area (Å²) >= 11 is 0. The molecule has 1 N–H and O–H groups in total. The molecule has 0 saturated heterocycles. The summed E-state index contributed by atoms with van der Waals surface area (Å²) < 4.78 is 11.9. The molecule has 30 heavy (non-hydrogen) atoms. The molecular formula is C26H25NO3. The van der Waals surface area contributed by atoms with Crippen LogP contribution in [-0.4, -0.2) is 18.4 Å². The van der Waals surface area contributed by atoms with Gasteiger partial charge >= 0.3 is 0 Å². The number of rotatable bonds is 7. The van der Waals surface area contributed by atoms with Crippen LogP contribution in [-0.2, 0) is 6.61 Å². The van der Waals surface area contributed by atoms with Crippen LogP contribution in [0, 0.1) is 6.92 Å². The van der Waals surface area contributed by atoms with Crippen molar-refractivity contribution in [3.05, 3.63) is 107 Å². The number of hydrogen-bond acceptors (Lipinski definition) is 4. The highest BCUT2D eigenvalue weighted by atomic mass is 16.5. The second kappa shape index (κ2) is 8.87. The summed E-state index contributed by atoms with van der Waals surface area (Å²) in [7, 11) is 0. The van der Waals surface area contributed by atoms with Crippen molar-refractivity contribution in [3.8, 4) is 11.5 Å². The van der Waals surface area contributed by atoms with Gasteiger partial charge in [0.15, 0.2) is 5.78 Å². The minimum atomic E-state index is 0.0533. The standard InChI is InChI=1S/C26H25NO3/c1-18-7-5-9-21(26(18)19(2)28)16-29-23-10-6-11-24(15-23)30-17-22-14-13-20-8-3-4-12-25(20)27-22/h3-15,25,27H,16-17H2,1-2H3. The number of carbonyl (C=O) groups excluding carboxylic acids is 1. The van der Waals surface area contributed by atoms with Crippen LogP contribution in [0.2, 0.25) is 0 Å². The first-order valence-electron chi connectivity index (χ1n) is 10.1. The van der Waals surface area contributed by atoms with Crippen molar-refractivity contribution in [2.75, 3.05) is 6.61 Å². The first-order valence-corrected chi connectivity index (χ1v) is 10.1. The number of hydrogen-bond donors (Lipinski definition) is 1. The Bertz CT molecular complexity index is 1080. The van der Waals surface area contributed by atoms with E-state index in [9.17, 15) is 4.79 Å². The topological polar surface area (TPSA) is 47.6 Å². The quantitative estimate of drug-likeness (QED) is 0.661. The van der Waals surface area contributed by atoms with Gasteiger partial charge in [-0.3, -0.25) is 4.79 Å². The summed E-state index contributed by atoms with van der Waals surface area (Å²) in [6, 6.07) is 13.6. The van der Waals surface area contributed by atoms with Crippen LogP contribution in [0.4, 0.5) is 0 Å². The molecule has 0 radical (unpaired) electrons. The molecule has 1 atom stereocenters. The van der Waals surface area contributed by atoms with E-state index in [2.05, 4.69) is 29.6 Å². The summed E-state index contributed by atoms with van der Waals surface area (Å²) in [5.41, 5.74) is 4.87. The number of fused-ring (bicyclic) bond motifs is 1. The Morgan fingerprint density at radius 3 is 2.57 bits per heavy atom. The van der Waals surface area contributed by atoms with E-state index in [1.807, 2.05) is 61.5 Å². The van der Waals surface area contributed by atoms with Gasteiger partial charge in [0.2, 0.25) is 0 Å². The van der Waals surface area contributed by atoms with Crippen LogP contribution < -0.4 is 14.8 Å². The number of nitrogens with one attached hydrogen (secondary N) is 1. The Morgan fingerprint density at radius 2 is 1.77 bits per heavy atom. The highest BCUT2D eigenvalue weighted by Crippen LogP contribution is 2.23. The fourth-order valence-corrected chi connectivity index (χ4v) is 3.71. The SMILES string of the molecule is CC(=O)c1c(C)cccc1COc1cccc(OCC2=CC=C3C=CC=CC3N2)c1. The van der Waals surface area contributed by atoms with Gasteiger partial charge in [-0.05, 0) is 43.2 Å². The molecule has 2 aliphatic rings. The maximum Gasteiger partial charge on any atom is 0.160 e. The Hall–Kier alpha value is -3.53. The second-order valence-electron chi connectivity index (χ2n) is 7.44. The Labute approximate surface area is 177 Å². The molecule has 1 aliphatic carbocycles. The largest absolute Gasteiger partial charge is 0.489 e. The maximum absolute atomic E-state index is 12.0. The molecule has 2 aromatic rings. The van der Waals surface area contributed by atoms with E-state index in [-0.39, 0.29) is 11.8 Å². The lowest BCUT2D eigenvalue weighted by Crippen LogP contribution is -2.33. The molecule has 4 nitrogen and oxygen atoms in total. The van der Waals surface area contributed by atoms with Gasteiger partial charge in [-0.15, -0.1) is 0 Å². The van der Waals surface area contributed by atoms with Crippen molar-refractivity contribution in [1.29, 1.82) is 0 Å². The van der Waals surface area contributed by atoms with Gasteiger partial charge in [-0.1, -0.05) is 54.6 Å². The molecule has 0 aromatic heterocycles. The average molecular weight is 399 g/mol. The normalized spacial score (nSPS) is 16.8. The molecule has 0 fully saturated rings. The molecular weight excluding hydrogens is 374 g/mol. The smallest absolute Gasteiger partial charge is 0.160 e. The van der Waals surface area contributed by atoms with Gasteiger partial charge < -0.3 is 14.8 Å². The van der Waals surface area contributed by atoms with Crippen molar-refractivity contribution in [2.24, 2.45) is 0 Å². The summed E-state index contributed by atoms with van der Waals surface area (Å²) in [4.78, 5) is 12.0. The molecule has 1 unspecified atom stereocenters. The number of aryl methyl sites for hydroxylation is 1. The van der Waals surface area contributed by atoms with E-state index in [0.717, 1.165) is 28.1 Å². The number of benzene rings is 2. The van der Waals surface area contributed by atoms with Crippen LogP contribution in [0.15, 0.2) is 90.2 Å². The highest BCUT2D eigenvalue weighted by Gasteiger charge is 2.16. The number of allylic oxidation sites excluding steroid dienone is 4. The van der Waals surface area contributed by atoms with E-state index < -0.39 is 0 Å². The zero-order chi connectivity index (χ0) is 20.9. The minimum absolute atomic E-state index is 0.0533. The number of carbonyl (C=O) groups is 1. The lowest BCUT2D eigenvalue weighted by molar-refractivity contribution is 0.101. The molecule has 1 aliphatic heterocycles. The Morgan fingerprint density at radius 1 is 1.00 bits per heavy atom. The highest BCUT2D eigenvalue weighted by molar-refractivity contribution is 5.96. The number of Topliss-reactive ketones (excluding diaryl/α,β-unsaturated/α-hetero) is 1. The molecule has 0 saturated carbocycles. The van der Waals surface area contributed by atoms with Crippen LogP contribution in [0.3, 0.4) is 0 Å². The van der Waals surface area contributed by atoms with Crippen molar-refractivity contribution in [1.82, 2.24) is 5.32 Å². The fourth-order valence-electron chi connectivity index (χ4n) is 3.71. The summed E-state index contributed by atoms with van der Waals surface area (Å²) in [5, 5.41) is 3.48. The van der Waals surface area contributed by atoms with Crippen LogP contribution in [0.5, 0.6) is 11.5 Å². The average Bonchev–Trinajstić information content (AvgIpc) is 2.76. The molecule has 2 aromatic carbocycles. The first-order chi connectivity index (χ1) is 14.6. The molecule has 1 heterocycles. The van der Waals surface area contributed by atoms with E-state index in [1.54, 1.807) is 6.92 Å². The van der Waals surface area contributed by atoms with Gasteiger partial charge in [0.1, 0.15) is 24.7 Å². The summed E-state index contributed by atoms with van der Waals surface area (Å²) in [5.74, 6) is 1.49.